The highest BCUT2D eigenvalue weighted by molar-refractivity contribution is 5.94. The van der Waals surface area contributed by atoms with Crippen LogP contribution in [0.3, 0.4) is 0 Å². The Labute approximate surface area is 780 Å². The van der Waals surface area contributed by atoms with E-state index < -0.39 is 20.7 Å². The molecule has 0 saturated carbocycles. The van der Waals surface area contributed by atoms with Crippen molar-refractivity contribution in [1.29, 1.82) is 0 Å². The molecule has 0 saturated heterocycles. The molecule has 642 valence electrons. The van der Waals surface area contributed by atoms with Crippen molar-refractivity contribution in [1.82, 2.24) is 0 Å². The Morgan fingerprint density at radius 2 is 0.343 bits per heavy atom. The molecule has 0 radical (unpaired) electrons. The van der Waals surface area contributed by atoms with Crippen molar-refractivity contribution in [3.63, 3.8) is 0 Å². The molecular weight excluding hydrogens is 1640 g/mol. The van der Waals surface area contributed by atoms with E-state index in [1.54, 1.807) is 24.3 Å². The van der Waals surface area contributed by atoms with Crippen molar-refractivity contribution in [2.45, 2.75) is 10.8 Å². The molecular formula is C122H90N8O4. The minimum Gasteiger partial charge on any atom is -0.399 e. The second-order valence-electron chi connectivity index (χ2n) is 33.6. The molecule has 0 aromatic heterocycles. The predicted molar refractivity (Wildman–Crippen MR) is 552 cm³/mol. The molecule has 0 heterocycles. The maximum atomic E-state index is 12.1. The molecule has 0 fully saturated rings. The molecule has 12 heteroatoms. The molecule has 0 aliphatic heterocycles. The van der Waals surface area contributed by atoms with Gasteiger partial charge in [-0.25, -0.2) is 0 Å². The first-order chi connectivity index (χ1) is 65.9. The predicted octanol–water partition coefficient (Wildman–Crippen LogP) is 31.9. The molecule has 0 bridgehead atoms. The zero-order valence-electron chi connectivity index (χ0n) is 73.0. The number of nitrogen functional groups attached to an aromatic ring is 2. The van der Waals surface area contributed by atoms with E-state index in [0.717, 1.165) is 169 Å². The third-order valence-electron chi connectivity index (χ3n) is 25.9. The number of para-hydroxylation sites is 8. The molecule has 22 rings (SSSR count). The quantitative estimate of drug-likeness (QED) is 0.0381. The van der Waals surface area contributed by atoms with Crippen molar-refractivity contribution in [2.75, 3.05) is 31.1 Å². The molecule has 20 aromatic carbocycles. The molecule has 0 amide bonds. The van der Waals surface area contributed by atoms with Gasteiger partial charge in [-0.05, 0) is 305 Å². The lowest BCUT2D eigenvalue weighted by Crippen LogP contribution is -2.28. The summed E-state index contributed by atoms with van der Waals surface area (Å²) in [6.07, 6.45) is 0. The van der Waals surface area contributed by atoms with Gasteiger partial charge in [-0.3, -0.25) is 20.2 Å². The standard InChI is InChI=1S/C61H42N4O4.C61H46N4.H2/c66-64(67)55-35-27-47(28-36-55)61(48-29-37-56(38-30-48)65(68)69)59-41-45(43-21-31-53(32-22-43)62(49-13-5-1-6-14-49)50-15-7-2-8-16-50)25-39-57(59)58-40-26-46(42-60(58)61)44-23-33-54(34-24-44)63(51-17-9-3-10-18-51)52-19-11-4-12-20-52;62-49-31-27-47(28-32-49)61(48-29-33-50(63)34-30-48)59-41-45(43-21-35-55(36-22-43)64(51-13-5-1-6-14-51)52-15-7-2-8-16-52)25-39-57(59)58-40-26-46(42-60(58)61)44-23-37-56(38-24-44)65(53-17-9-3-10-18-53)54-19-11-4-12-20-54;/h1-42H;1-42H,62-63H2;1H. The van der Waals surface area contributed by atoms with Gasteiger partial charge in [0.25, 0.3) is 11.4 Å². The van der Waals surface area contributed by atoms with Gasteiger partial charge in [-0.1, -0.05) is 291 Å². The number of nitrogens with zero attached hydrogens (tertiary/aromatic N) is 6. The van der Waals surface area contributed by atoms with Crippen LogP contribution in [-0.2, 0) is 10.8 Å². The molecule has 0 atom stereocenters. The van der Waals surface area contributed by atoms with Crippen LogP contribution in [-0.4, -0.2) is 9.85 Å². The topological polar surface area (TPSA) is 151 Å². The maximum absolute atomic E-state index is 12.1. The monoisotopic (exact) mass is 1730 g/mol. The van der Waals surface area contributed by atoms with Crippen LogP contribution in [0.5, 0.6) is 0 Å². The molecule has 2 aliphatic carbocycles. The van der Waals surface area contributed by atoms with Crippen LogP contribution >= 0.6 is 0 Å². The Kier molecular flexibility index (Phi) is 22.2. The zero-order chi connectivity index (χ0) is 90.6. The van der Waals surface area contributed by atoms with E-state index in [1.807, 2.05) is 121 Å². The summed E-state index contributed by atoms with van der Waals surface area (Å²) >= 11 is 0. The summed E-state index contributed by atoms with van der Waals surface area (Å²) in [5, 5.41) is 24.1. The fourth-order valence-electron chi connectivity index (χ4n) is 19.7. The fourth-order valence-corrected chi connectivity index (χ4v) is 19.7. The number of nitro groups is 2. The van der Waals surface area contributed by atoms with Crippen LogP contribution in [0.4, 0.5) is 91.0 Å². The number of nitrogens with two attached hydrogens (primary N) is 2. The van der Waals surface area contributed by atoms with E-state index in [1.165, 1.54) is 22.3 Å². The average molecular weight is 1730 g/mol. The van der Waals surface area contributed by atoms with Gasteiger partial charge in [0.2, 0.25) is 0 Å². The summed E-state index contributed by atoms with van der Waals surface area (Å²) in [6, 6.07) is 176. The third-order valence-corrected chi connectivity index (χ3v) is 25.9. The van der Waals surface area contributed by atoms with Gasteiger partial charge in [0.05, 0.1) is 20.7 Å². The van der Waals surface area contributed by atoms with E-state index in [9.17, 15) is 20.2 Å². The summed E-state index contributed by atoms with van der Waals surface area (Å²) < 4.78 is 0. The van der Waals surface area contributed by atoms with Gasteiger partial charge in [-0.15, -0.1) is 0 Å². The van der Waals surface area contributed by atoms with Gasteiger partial charge < -0.3 is 31.1 Å². The smallest absolute Gasteiger partial charge is 0.269 e. The molecule has 0 unspecified atom stereocenters. The average Bonchev–Trinajstić information content (AvgIpc) is 1.54. The highest BCUT2D eigenvalue weighted by Crippen LogP contribution is 2.61. The second-order valence-corrected chi connectivity index (χ2v) is 33.6. The minimum atomic E-state index is -1.03. The lowest BCUT2D eigenvalue weighted by atomic mass is 9.67. The van der Waals surface area contributed by atoms with E-state index in [2.05, 4.69) is 384 Å². The third kappa shape index (κ3) is 15.5. The first-order valence-corrected chi connectivity index (χ1v) is 44.7. The van der Waals surface area contributed by atoms with Crippen LogP contribution in [0.2, 0.25) is 0 Å². The van der Waals surface area contributed by atoms with Gasteiger partial charge >= 0.3 is 0 Å². The molecule has 20 aromatic rings. The summed E-state index contributed by atoms with van der Waals surface area (Å²) in [6.45, 7) is 0. The van der Waals surface area contributed by atoms with Crippen molar-refractivity contribution < 1.29 is 11.3 Å². The van der Waals surface area contributed by atoms with Crippen LogP contribution in [0.25, 0.3) is 66.8 Å². The largest absolute Gasteiger partial charge is 0.399 e. The molecule has 0 spiro atoms. The summed E-state index contributed by atoms with van der Waals surface area (Å²) in [4.78, 5) is 32.4. The SMILES string of the molecule is Nc1ccc(C2(c3ccc(N)cc3)c3cc(-c4ccc(N(c5ccccc5)c5ccccc5)cc4)ccc3-c3ccc(-c4ccc(N(c5ccccc5)c5ccccc5)cc4)cc32)cc1.O=[N+]([O-])c1ccc(C2(c3ccc([N+](=O)[O-])cc3)c3cc(-c4ccc(N(c5ccccc5)c5ccccc5)cc4)ccc3-c3ccc(-c4ccc(N(c5ccccc5)c5ccccc5)cc4)cc32)cc1.[HH]. The highest BCUT2D eigenvalue weighted by atomic mass is 16.6. The van der Waals surface area contributed by atoms with Crippen LogP contribution in [0, 0.1) is 20.2 Å². The number of hydrogen-bond donors (Lipinski definition) is 2. The van der Waals surface area contributed by atoms with E-state index in [0.29, 0.717) is 0 Å². The van der Waals surface area contributed by atoms with Gasteiger partial charge in [0.1, 0.15) is 0 Å². The number of fused-ring (bicyclic) bond motifs is 6. The molecule has 2 aliphatic rings. The number of benzene rings is 20. The Hall–Kier alpha value is -18.0. The lowest BCUT2D eigenvalue weighted by Gasteiger charge is -2.34. The normalized spacial score (nSPS) is 12.2. The van der Waals surface area contributed by atoms with Crippen molar-refractivity contribution >= 4 is 91.0 Å². The Balaban J connectivity index is 0.000000166. The summed E-state index contributed by atoms with van der Waals surface area (Å²) in [5.41, 5.74) is 46.4. The van der Waals surface area contributed by atoms with Crippen molar-refractivity contribution in [3.05, 3.63) is 574 Å². The summed E-state index contributed by atoms with van der Waals surface area (Å²) in [5.74, 6) is 0. The fraction of sp³-hybridized carbons (Fsp3) is 0.0164. The maximum Gasteiger partial charge on any atom is 0.269 e. The summed E-state index contributed by atoms with van der Waals surface area (Å²) in [7, 11) is 0. The van der Waals surface area contributed by atoms with E-state index in [4.69, 9.17) is 11.5 Å². The highest BCUT2D eigenvalue weighted by Gasteiger charge is 2.49. The first kappa shape index (κ1) is 82.9. The van der Waals surface area contributed by atoms with Crippen LogP contribution in [0.15, 0.2) is 510 Å². The number of anilines is 14. The van der Waals surface area contributed by atoms with Gasteiger partial charge in [0.15, 0.2) is 0 Å². The zero-order valence-corrected chi connectivity index (χ0v) is 73.0. The van der Waals surface area contributed by atoms with E-state index >= 15 is 0 Å². The Bertz CT molecular complexity index is 7000. The lowest BCUT2D eigenvalue weighted by molar-refractivity contribution is -0.385. The van der Waals surface area contributed by atoms with Gasteiger partial charge in [-0.2, -0.15) is 0 Å². The van der Waals surface area contributed by atoms with Gasteiger partial charge in [0, 0.05) is 105 Å². The Morgan fingerprint density at radius 1 is 0.187 bits per heavy atom. The number of non-ortho nitro benzene ring substituents is 2. The number of hydrogen-bond acceptors (Lipinski definition) is 10. The van der Waals surface area contributed by atoms with Crippen molar-refractivity contribution in [2.24, 2.45) is 0 Å². The molecule has 134 heavy (non-hydrogen) atoms. The first-order valence-electron chi connectivity index (χ1n) is 44.7. The van der Waals surface area contributed by atoms with Crippen LogP contribution in [0.1, 0.15) is 45.9 Å². The molecule has 12 nitrogen and oxygen atoms in total. The van der Waals surface area contributed by atoms with Crippen LogP contribution < -0.4 is 31.1 Å². The molecule has 4 N–H and O–H groups in total. The second kappa shape index (κ2) is 35.9. The minimum absolute atomic E-state index is 0. The number of rotatable bonds is 22. The Morgan fingerprint density at radius 3 is 0.515 bits per heavy atom. The van der Waals surface area contributed by atoms with Crippen molar-refractivity contribution in [3.8, 4) is 66.8 Å². The van der Waals surface area contributed by atoms with E-state index in [-0.39, 0.29) is 12.8 Å². The number of nitro benzene ring substituents is 2.